The Labute approximate surface area is 119 Å². The van der Waals surface area contributed by atoms with Crippen molar-refractivity contribution in [2.24, 2.45) is 11.8 Å². The molecule has 1 aromatic rings. The second-order valence-electron chi connectivity index (χ2n) is 5.64. The fourth-order valence-electron chi connectivity index (χ4n) is 2.83. The summed E-state index contributed by atoms with van der Waals surface area (Å²) in [6.07, 6.45) is 7.74. The summed E-state index contributed by atoms with van der Waals surface area (Å²) in [5, 5.41) is 12.1. The molecule has 1 aliphatic carbocycles. The standard InChI is InChI=1S/C15H23N3O2/c1-2-10-3-5-11(6-4-10)8-17-14-13(16)7-12(9-18-14)15(19)20/h7,9-11H,2-6,8,16H2,1H3,(H,17,18)(H,19,20). The fraction of sp³-hybridized carbons (Fsp3) is 0.600. The monoisotopic (exact) mass is 277 g/mol. The second kappa shape index (κ2) is 6.59. The quantitative estimate of drug-likeness (QED) is 0.770. The van der Waals surface area contributed by atoms with Gasteiger partial charge in [-0.2, -0.15) is 0 Å². The van der Waals surface area contributed by atoms with Crippen molar-refractivity contribution in [1.29, 1.82) is 0 Å². The number of carbonyl (C=O) groups is 1. The van der Waals surface area contributed by atoms with E-state index < -0.39 is 5.97 Å². The van der Waals surface area contributed by atoms with Gasteiger partial charge in [0.1, 0.15) is 5.82 Å². The normalized spacial score (nSPS) is 22.4. The van der Waals surface area contributed by atoms with Crippen molar-refractivity contribution in [1.82, 2.24) is 4.98 Å². The van der Waals surface area contributed by atoms with Gasteiger partial charge in [0.05, 0.1) is 11.3 Å². The highest BCUT2D eigenvalue weighted by Crippen LogP contribution is 2.30. The highest BCUT2D eigenvalue weighted by atomic mass is 16.4. The minimum Gasteiger partial charge on any atom is -0.478 e. The lowest BCUT2D eigenvalue weighted by molar-refractivity contribution is 0.0696. The first-order valence-electron chi connectivity index (χ1n) is 7.32. The minimum absolute atomic E-state index is 0.122. The molecule has 1 saturated carbocycles. The van der Waals surface area contributed by atoms with Crippen LogP contribution in [0.25, 0.3) is 0 Å². The van der Waals surface area contributed by atoms with Crippen molar-refractivity contribution < 1.29 is 9.90 Å². The van der Waals surface area contributed by atoms with E-state index in [1.807, 2.05) is 0 Å². The second-order valence-corrected chi connectivity index (χ2v) is 5.64. The molecule has 20 heavy (non-hydrogen) atoms. The molecule has 0 spiro atoms. The van der Waals surface area contributed by atoms with Crippen molar-refractivity contribution >= 4 is 17.5 Å². The first-order chi connectivity index (χ1) is 9.60. The Morgan fingerprint density at radius 2 is 2.05 bits per heavy atom. The molecular weight excluding hydrogens is 254 g/mol. The topological polar surface area (TPSA) is 88.2 Å². The number of carboxylic acid groups (broad SMARTS) is 1. The number of aromatic nitrogens is 1. The zero-order chi connectivity index (χ0) is 14.5. The summed E-state index contributed by atoms with van der Waals surface area (Å²) in [6.45, 7) is 3.12. The molecule has 0 unspecified atom stereocenters. The third-order valence-corrected chi connectivity index (χ3v) is 4.27. The summed E-state index contributed by atoms with van der Waals surface area (Å²) in [6, 6.07) is 1.45. The molecule has 2 rings (SSSR count). The van der Waals surface area contributed by atoms with Gasteiger partial charge in [0.2, 0.25) is 0 Å². The average Bonchev–Trinajstić information content (AvgIpc) is 2.46. The SMILES string of the molecule is CCC1CCC(CNc2ncc(C(=O)O)cc2N)CC1. The Hall–Kier alpha value is -1.78. The van der Waals surface area contributed by atoms with E-state index in [0.29, 0.717) is 17.4 Å². The predicted molar refractivity (Wildman–Crippen MR) is 79.8 cm³/mol. The number of anilines is 2. The van der Waals surface area contributed by atoms with Gasteiger partial charge in [-0.05, 0) is 30.7 Å². The number of pyridine rings is 1. The van der Waals surface area contributed by atoms with Gasteiger partial charge < -0.3 is 16.2 Å². The van der Waals surface area contributed by atoms with Gasteiger partial charge in [-0.3, -0.25) is 0 Å². The molecule has 0 saturated heterocycles. The van der Waals surface area contributed by atoms with E-state index in [1.54, 1.807) is 0 Å². The highest BCUT2D eigenvalue weighted by Gasteiger charge is 2.20. The van der Waals surface area contributed by atoms with Gasteiger partial charge in [-0.15, -0.1) is 0 Å². The van der Waals surface area contributed by atoms with E-state index >= 15 is 0 Å². The Kier molecular flexibility index (Phi) is 4.82. The molecule has 0 bridgehead atoms. The largest absolute Gasteiger partial charge is 0.478 e. The zero-order valence-corrected chi connectivity index (χ0v) is 11.9. The molecule has 0 amide bonds. The number of rotatable bonds is 5. The van der Waals surface area contributed by atoms with Gasteiger partial charge in [-0.1, -0.05) is 26.2 Å². The molecule has 0 radical (unpaired) electrons. The van der Waals surface area contributed by atoms with E-state index in [2.05, 4.69) is 17.2 Å². The molecular formula is C15H23N3O2. The van der Waals surface area contributed by atoms with Crippen molar-refractivity contribution in [3.63, 3.8) is 0 Å². The zero-order valence-electron chi connectivity index (χ0n) is 11.9. The van der Waals surface area contributed by atoms with Crippen LogP contribution in [-0.2, 0) is 0 Å². The maximum Gasteiger partial charge on any atom is 0.337 e. The van der Waals surface area contributed by atoms with Gasteiger partial charge in [0.15, 0.2) is 0 Å². The molecule has 4 N–H and O–H groups in total. The van der Waals surface area contributed by atoms with Crippen molar-refractivity contribution in [2.45, 2.75) is 39.0 Å². The summed E-state index contributed by atoms with van der Waals surface area (Å²) in [5.74, 6) is 1.14. The molecule has 110 valence electrons. The predicted octanol–water partition coefficient (Wildman–Crippen LogP) is 2.99. The van der Waals surface area contributed by atoms with Crippen molar-refractivity contribution in [3.8, 4) is 0 Å². The van der Waals surface area contributed by atoms with E-state index in [1.165, 1.54) is 44.4 Å². The number of nitrogens with zero attached hydrogens (tertiary/aromatic N) is 1. The maximum absolute atomic E-state index is 10.8. The molecule has 1 aromatic heterocycles. The summed E-state index contributed by atoms with van der Waals surface area (Å²) < 4.78 is 0. The Balaban J connectivity index is 1.87. The number of hydrogen-bond donors (Lipinski definition) is 3. The summed E-state index contributed by atoms with van der Waals surface area (Å²) in [5.41, 5.74) is 6.35. The van der Waals surface area contributed by atoms with Crippen LogP contribution in [0.3, 0.4) is 0 Å². The number of aromatic carboxylic acids is 1. The Morgan fingerprint density at radius 3 is 2.60 bits per heavy atom. The number of carboxylic acids is 1. The van der Waals surface area contributed by atoms with E-state index in [4.69, 9.17) is 10.8 Å². The first-order valence-corrected chi connectivity index (χ1v) is 7.32. The third-order valence-electron chi connectivity index (χ3n) is 4.27. The van der Waals surface area contributed by atoms with Gasteiger partial charge in [0.25, 0.3) is 0 Å². The summed E-state index contributed by atoms with van der Waals surface area (Å²) in [7, 11) is 0. The average molecular weight is 277 g/mol. The van der Waals surface area contributed by atoms with Crippen LogP contribution in [0.4, 0.5) is 11.5 Å². The van der Waals surface area contributed by atoms with Crippen LogP contribution in [-0.4, -0.2) is 22.6 Å². The van der Waals surface area contributed by atoms with Crippen molar-refractivity contribution in [3.05, 3.63) is 17.8 Å². The Morgan fingerprint density at radius 1 is 1.40 bits per heavy atom. The molecule has 0 aliphatic heterocycles. The smallest absolute Gasteiger partial charge is 0.337 e. The summed E-state index contributed by atoms with van der Waals surface area (Å²) >= 11 is 0. The van der Waals surface area contributed by atoms with E-state index in [9.17, 15) is 4.79 Å². The van der Waals surface area contributed by atoms with Crippen molar-refractivity contribution in [2.75, 3.05) is 17.6 Å². The molecule has 1 fully saturated rings. The van der Waals surface area contributed by atoms with Crippen LogP contribution in [0.5, 0.6) is 0 Å². The highest BCUT2D eigenvalue weighted by molar-refractivity contribution is 5.89. The number of nitrogens with two attached hydrogens (primary N) is 1. The molecule has 5 heteroatoms. The molecule has 0 atom stereocenters. The van der Waals surface area contributed by atoms with Crippen LogP contribution in [0, 0.1) is 11.8 Å². The lowest BCUT2D eigenvalue weighted by atomic mass is 9.81. The van der Waals surface area contributed by atoms with Gasteiger partial charge >= 0.3 is 5.97 Å². The van der Waals surface area contributed by atoms with Crippen LogP contribution >= 0.6 is 0 Å². The van der Waals surface area contributed by atoms with E-state index in [0.717, 1.165) is 12.5 Å². The maximum atomic E-state index is 10.8. The minimum atomic E-state index is -1.01. The molecule has 0 aromatic carbocycles. The lowest BCUT2D eigenvalue weighted by Crippen LogP contribution is -2.21. The number of nitrogen functional groups attached to an aromatic ring is 1. The Bertz CT molecular complexity index is 468. The molecule has 1 heterocycles. The van der Waals surface area contributed by atoms with Crippen LogP contribution in [0.15, 0.2) is 12.3 Å². The third kappa shape index (κ3) is 3.62. The first kappa shape index (κ1) is 14.6. The van der Waals surface area contributed by atoms with Crippen LogP contribution < -0.4 is 11.1 Å². The lowest BCUT2D eigenvalue weighted by Gasteiger charge is -2.28. The van der Waals surface area contributed by atoms with Crippen LogP contribution in [0.2, 0.25) is 0 Å². The summed E-state index contributed by atoms with van der Waals surface area (Å²) in [4.78, 5) is 14.9. The van der Waals surface area contributed by atoms with Gasteiger partial charge in [0, 0.05) is 12.7 Å². The molecule has 1 aliphatic rings. The number of hydrogen-bond acceptors (Lipinski definition) is 4. The number of nitrogens with one attached hydrogen (secondary N) is 1. The molecule has 5 nitrogen and oxygen atoms in total. The van der Waals surface area contributed by atoms with Crippen LogP contribution in [0.1, 0.15) is 49.4 Å². The van der Waals surface area contributed by atoms with E-state index in [-0.39, 0.29) is 5.56 Å². The van der Waals surface area contributed by atoms with Gasteiger partial charge in [-0.25, -0.2) is 9.78 Å². The fourth-order valence-corrected chi connectivity index (χ4v) is 2.83.